The number of ketones is 1. The number of carbonyl (C=O) groups excluding carboxylic acids is 1. The quantitative estimate of drug-likeness (QED) is 0.788. The predicted octanol–water partition coefficient (Wildman–Crippen LogP) is 3.22. The molecule has 0 N–H and O–H groups in total. The third-order valence-electron chi connectivity index (χ3n) is 4.12. The first kappa shape index (κ1) is 17.2. The molecule has 0 amide bonds. The number of ether oxygens (including phenoxy) is 1. The predicted molar refractivity (Wildman–Crippen MR) is 95.4 cm³/mol. The second-order valence-corrected chi connectivity index (χ2v) is 7.71. The van der Waals surface area contributed by atoms with Crippen molar-refractivity contribution in [3.63, 3.8) is 0 Å². The van der Waals surface area contributed by atoms with Crippen molar-refractivity contribution in [1.82, 2.24) is 4.31 Å². The lowest BCUT2D eigenvalue weighted by Gasteiger charge is -2.30. The number of hydrogen-bond acceptors (Lipinski definition) is 4. The number of Topliss-reactive ketones (excluding diaryl/α,β-unsaturated/α-hetero) is 1. The van der Waals surface area contributed by atoms with Crippen LogP contribution in [-0.2, 0) is 14.8 Å². The summed E-state index contributed by atoms with van der Waals surface area (Å²) in [5, 5.41) is 0. The third kappa shape index (κ3) is 2.82. The van der Waals surface area contributed by atoms with Gasteiger partial charge in [-0.25, -0.2) is 8.42 Å². The summed E-state index contributed by atoms with van der Waals surface area (Å²) in [6.45, 7) is 4.04. The SMILES string of the molecule is CCOC1=C(C(=O)c2ccc(C)cc2)N(C)S(=O)(=O)c2ccccc21. The zero-order valence-electron chi connectivity index (χ0n) is 14.3. The molecule has 25 heavy (non-hydrogen) atoms. The molecule has 130 valence electrons. The maximum Gasteiger partial charge on any atom is 0.265 e. The van der Waals surface area contributed by atoms with Gasteiger partial charge in [0.15, 0.2) is 5.76 Å². The molecule has 3 rings (SSSR count). The van der Waals surface area contributed by atoms with E-state index in [-0.39, 0.29) is 16.4 Å². The average Bonchev–Trinajstić information content (AvgIpc) is 2.60. The van der Waals surface area contributed by atoms with Crippen LogP contribution in [0, 0.1) is 6.92 Å². The molecule has 0 saturated carbocycles. The van der Waals surface area contributed by atoms with E-state index in [1.807, 2.05) is 19.1 Å². The number of likely N-dealkylation sites (N-methyl/N-ethyl adjacent to an activating group) is 1. The molecule has 0 atom stereocenters. The number of hydrogen-bond donors (Lipinski definition) is 0. The summed E-state index contributed by atoms with van der Waals surface area (Å²) in [5.41, 5.74) is 1.88. The lowest BCUT2D eigenvalue weighted by atomic mass is 10.0. The van der Waals surface area contributed by atoms with E-state index >= 15 is 0 Å². The first-order valence-electron chi connectivity index (χ1n) is 7.94. The molecule has 0 aromatic heterocycles. The molecule has 0 aliphatic carbocycles. The number of aryl methyl sites for hydroxylation is 1. The topological polar surface area (TPSA) is 63.7 Å². The Labute approximate surface area is 147 Å². The highest BCUT2D eigenvalue weighted by atomic mass is 32.2. The Kier molecular flexibility index (Phi) is 4.39. The first-order valence-corrected chi connectivity index (χ1v) is 9.38. The van der Waals surface area contributed by atoms with Gasteiger partial charge in [0.25, 0.3) is 10.0 Å². The lowest BCUT2D eigenvalue weighted by molar-refractivity contribution is 0.101. The summed E-state index contributed by atoms with van der Waals surface area (Å²) in [4.78, 5) is 13.2. The summed E-state index contributed by atoms with van der Waals surface area (Å²) in [7, 11) is -2.43. The maximum atomic E-state index is 13.1. The van der Waals surface area contributed by atoms with E-state index < -0.39 is 10.0 Å². The second-order valence-electron chi connectivity index (χ2n) is 5.77. The largest absolute Gasteiger partial charge is 0.491 e. The smallest absolute Gasteiger partial charge is 0.265 e. The minimum atomic E-state index is -3.81. The van der Waals surface area contributed by atoms with Gasteiger partial charge in [-0.2, -0.15) is 0 Å². The van der Waals surface area contributed by atoms with E-state index in [9.17, 15) is 13.2 Å². The molecular weight excluding hydrogens is 338 g/mol. The Morgan fingerprint density at radius 3 is 2.36 bits per heavy atom. The molecular formula is C19H19NO4S. The third-order valence-corrected chi connectivity index (χ3v) is 5.93. The molecule has 2 aromatic rings. The van der Waals surface area contributed by atoms with Crippen LogP contribution in [0.15, 0.2) is 59.1 Å². The number of carbonyl (C=O) groups is 1. The van der Waals surface area contributed by atoms with Crippen LogP contribution in [-0.4, -0.2) is 32.2 Å². The van der Waals surface area contributed by atoms with Crippen molar-refractivity contribution >= 4 is 21.6 Å². The van der Waals surface area contributed by atoms with Crippen molar-refractivity contribution < 1.29 is 17.9 Å². The number of allylic oxidation sites excluding steroid dienone is 1. The fraction of sp³-hybridized carbons (Fsp3) is 0.211. The van der Waals surface area contributed by atoms with Gasteiger partial charge < -0.3 is 4.74 Å². The summed E-state index contributed by atoms with van der Waals surface area (Å²) in [5.74, 6) is -0.0926. The Morgan fingerprint density at radius 1 is 1.08 bits per heavy atom. The number of nitrogens with zero attached hydrogens (tertiary/aromatic N) is 1. The summed E-state index contributed by atoms with van der Waals surface area (Å²) in [6, 6.07) is 13.6. The van der Waals surface area contributed by atoms with E-state index in [4.69, 9.17) is 4.74 Å². The summed E-state index contributed by atoms with van der Waals surface area (Å²) < 4.78 is 32.4. The van der Waals surface area contributed by atoms with Crippen molar-refractivity contribution in [3.8, 4) is 0 Å². The van der Waals surface area contributed by atoms with Crippen LogP contribution in [0.5, 0.6) is 0 Å². The van der Waals surface area contributed by atoms with Crippen LogP contribution in [0.25, 0.3) is 5.76 Å². The summed E-state index contributed by atoms with van der Waals surface area (Å²) in [6.07, 6.45) is 0. The minimum absolute atomic E-state index is 0.0319. The van der Waals surface area contributed by atoms with Gasteiger partial charge in [0.2, 0.25) is 5.78 Å². The van der Waals surface area contributed by atoms with Crippen molar-refractivity contribution in [2.75, 3.05) is 13.7 Å². The molecule has 2 aromatic carbocycles. The Hall–Kier alpha value is -2.60. The van der Waals surface area contributed by atoms with Crippen LogP contribution in [0.4, 0.5) is 0 Å². The molecule has 0 saturated heterocycles. The number of benzene rings is 2. The van der Waals surface area contributed by atoms with Gasteiger partial charge in [0.05, 0.1) is 11.5 Å². The second kappa shape index (κ2) is 6.37. The molecule has 0 radical (unpaired) electrons. The van der Waals surface area contributed by atoms with Gasteiger partial charge in [-0.15, -0.1) is 0 Å². The van der Waals surface area contributed by atoms with Crippen molar-refractivity contribution in [2.45, 2.75) is 18.7 Å². The minimum Gasteiger partial charge on any atom is -0.491 e. The van der Waals surface area contributed by atoms with Crippen molar-refractivity contribution in [2.24, 2.45) is 0 Å². The van der Waals surface area contributed by atoms with Gasteiger partial charge in [-0.05, 0) is 26.0 Å². The molecule has 0 spiro atoms. The zero-order chi connectivity index (χ0) is 18.2. The molecule has 1 heterocycles. The van der Waals surface area contributed by atoms with Crippen LogP contribution < -0.4 is 0 Å². The molecule has 1 aliphatic heterocycles. The standard InChI is InChI=1S/C19H19NO4S/c1-4-24-19-15-7-5-6-8-16(15)25(22,23)20(3)17(19)18(21)14-11-9-13(2)10-12-14/h5-12H,4H2,1-3H3. The van der Waals surface area contributed by atoms with E-state index in [2.05, 4.69) is 0 Å². The summed E-state index contributed by atoms with van der Waals surface area (Å²) >= 11 is 0. The van der Waals surface area contributed by atoms with Gasteiger partial charge in [0, 0.05) is 18.2 Å². The highest BCUT2D eigenvalue weighted by Gasteiger charge is 2.38. The van der Waals surface area contributed by atoms with E-state index in [1.54, 1.807) is 37.3 Å². The van der Waals surface area contributed by atoms with Gasteiger partial charge in [0.1, 0.15) is 5.70 Å². The first-order chi connectivity index (χ1) is 11.9. The van der Waals surface area contributed by atoms with Crippen LogP contribution in [0.3, 0.4) is 0 Å². The van der Waals surface area contributed by atoms with E-state index in [0.29, 0.717) is 23.5 Å². The number of rotatable bonds is 4. The van der Waals surface area contributed by atoms with Gasteiger partial charge >= 0.3 is 0 Å². The number of sulfonamides is 1. The fourth-order valence-electron chi connectivity index (χ4n) is 2.80. The molecule has 1 aliphatic rings. The van der Waals surface area contributed by atoms with Crippen molar-refractivity contribution in [1.29, 1.82) is 0 Å². The van der Waals surface area contributed by atoms with Crippen LogP contribution >= 0.6 is 0 Å². The Bertz CT molecular complexity index is 959. The highest BCUT2D eigenvalue weighted by Crippen LogP contribution is 2.37. The molecule has 0 unspecified atom stereocenters. The van der Waals surface area contributed by atoms with E-state index in [1.165, 1.54) is 13.1 Å². The monoisotopic (exact) mass is 357 g/mol. The van der Waals surface area contributed by atoms with E-state index in [0.717, 1.165) is 9.87 Å². The fourth-order valence-corrected chi connectivity index (χ4v) is 4.19. The molecule has 5 nitrogen and oxygen atoms in total. The maximum absolute atomic E-state index is 13.1. The van der Waals surface area contributed by atoms with Gasteiger partial charge in [-0.3, -0.25) is 9.10 Å². The Morgan fingerprint density at radius 2 is 1.72 bits per heavy atom. The molecule has 6 heteroatoms. The highest BCUT2D eigenvalue weighted by molar-refractivity contribution is 7.89. The van der Waals surface area contributed by atoms with Gasteiger partial charge in [-0.1, -0.05) is 42.0 Å². The van der Waals surface area contributed by atoms with Crippen molar-refractivity contribution in [3.05, 3.63) is 70.9 Å². The average molecular weight is 357 g/mol. The zero-order valence-corrected chi connectivity index (χ0v) is 15.1. The van der Waals surface area contributed by atoms with Crippen LogP contribution in [0.1, 0.15) is 28.4 Å². The molecule has 0 bridgehead atoms. The lowest BCUT2D eigenvalue weighted by Crippen LogP contribution is -2.35. The normalized spacial score (nSPS) is 15.7. The molecule has 0 fully saturated rings. The Balaban J connectivity index is 2.26. The number of fused-ring (bicyclic) bond motifs is 1. The van der Waals surface area contributed by atoms with Crippen LogP contribution in [0.2, 0.25) is 0 Å².